The first kappa shape index (κ1) is 16.8. The molecule has 3 aromatic heterocycles. The second-order valence-corrected chi connectivity index (χ2v) is 6.27. The molecule has 0 bridgehead atoms. The number of aryl methyl sites for hydroxylation is 1. The zero-order valence-electron chi connectivity index (χ0n) is 14.9. The number of nitrogen functional groups attached to an aromatic ring is 1. The van der Waals surface area contributed by atoms with E-state index in [0.29, 0.717) is 44.6 Å². The molecule has 0 unspecified atom stereocenters. The second kappa shape index (κ2) is 5.70. The molecule has 1 amide bonds. The van der Waals surface area contributed by atoms with Crippen LogP contribution in [0.4, 0.5) is 10.2 Å². The van der Waals surface area contributed by atoms with Gasteiger partial charge in [-0.1, -0.05) is 0 Å². The average molecular weight is 368 g/mol. The van der Waals surface area contributed by atoms with Gasteiger partial charge in [0, 0.05) is 16.3 Å². The average Bonchev–Trinajstić information content (AvgIpc) is 3.17. The molecule has 4 rings (SSSR count). The number of aromatic amines is 1. The number of ether oxygens (including phenoxy) is 1. The Balaban J connectivity index is 2.23. The van der Waals surface area contributed by atoms with Crippen LogP contribution in [0.25, 0.3) is 27.6 Å². The molecule has 3 heterocycles. The quantitative estimate of drug-likeness (QED) is 0.512. The van der Waals surface area contributed by atoms with Crippen molar-refractivity contribution < 1.29 is 13.9 Å². The Morgan fingerprint density at radius 1 is 1.30 bits per heavy atom. The van der Waals surface area contributed by atoms with E-state index in [1.165, 1.54) is 17.7 Å². The monoisotopic (exact) mass is 368 g/mol. The fraction of sp³-hybridized carbons (Fsp3) is 0.167. The van der Waals surface area contributed by atoms with Gasteiger partial charge in [-0.05, 0) is 26.0 Å². The van der Waals surface area contributed by atoms with Gasteiger partial charge in [0.1, 0.15) is 23.0 Å². The molecule has 0 aliphatic rings. The maximum atomic E-state index is 14.5. The molecular formula is C18H17FN6O2. The fourth-order valence-corrected chi connectivity index (χ4v) is 3.42. The molecular weight excluding hydrogens is 351 g/mol. The molecule has 0 saturated heterocycles. The lowest BCUT2D eigenvalue weighted by molar-refractivity contribution is 0.100. The Bertz CT molecular complexity index is 1240. The molecule has 0 radical (unpaired) electrons. The lowest BCUT2D eigenvalue weighted by Gasteiger charge is -2.13. The zero-order valence-corrected chi connectivity index (χ0v) is 14.9. The third-order valence-electron chi connectivity index (χ3n) is 4.72. The number of hydrogen-bond donors (Lipinski definition) is 3. The third-order valence-corrected chi connectivity index (χ3v) is 4.72. The minimum absolute atomic E-state index is 0.0776. The molecule has 0 aliphatic carbocycles. The molecule has 0 saturated carbocycles. The highest BCUT2D eigenvalue weighted by Crippen LogP contribution is 2.37. The van der Waals surface area contributed by atoms with Gasteiger partial charge in [0.2, 0.25) is 0 Å². The molecule has 4 aromatic rings. The molecule has 5 N–H and O–H groups in total. The molecule has 138 valence electrons. The van der Waals surface area contributed by atoms with E-state index in [9.17, 15) is 9.18 Å². The summed E-state index contributed by atoms with van der Waals surface area (Å²) >= 11 is 0. The normalized spacial score (nSPS) is 11.4. The lowest BCUT2D eigenvalue weighted by Crippen LogP contribution is -2.14. The number of methoxy groups -OCH3 is 1. The Labute approximate surface area is 152 Å². The van der Waals surface area contributed by atoms with Gasteiger partial charge in [0.25, 0.3) is 5.91 Å². The van der Waals surface area contributed by atoms with Gasteiger partial charge in [0.05, 0.1) is 35.8 Å². The van der Waals surface area contributed by atoms with Crippen LogP contribution in [0, 0.1) is 19.7 Å². The van der Waals surface area contributed by atoms with Gasteiger partial charge in [-0.25, -0.2) is 9.37 Å². The van der Waals surface area contributed by atoms with E-state index in [4.69, 9.17) is 16.2 Å². The van der Waals surface area contributed by atoms with Crippen LogP contribution in [0.2, 0.25) is 0 Å². The fourth-order valence-electron chi connectivity index (χ4n) is 3.42. The number of benzene rings is 1. The van der Waals surface area contributed by atoms with Crippen molar-refractivity contribution in [2.45, 2.75) is 13.8 Å². The van der Waals surface area contributed by atoms with Crippen LogP contribution in [-0.4, -0.2) is 32.8 Å². The molecule has 9 heteroatoms. The van der Waals surface area contributed by atoms with Crippen molar-refractivity contribution in [3.05, 3.63) is 41.0 Å². The van der Waals surface area contributed by atoms with Gasteiger partial charge in [-0.15, -0.1) is 0 Å². The van der Waals surface area contributed by atoms with Gasteiger partial charge in [-0.2, -0.15) is 5.10 Å². The molecule has 0 atom stereocenters. The lowest BCUT2D eigenvalue weighted by atomic mass is 10.1. The largest absolute Gasteiger partial charge is 0.495 e. The summed E-state index contributed by atoms with van der Waals surface area (Å²) in [5.41, 5.74) is 14.2. The molecule has 27 heavy (non-hydrogen) atoms. The first-order chi connectivity index (χ1) is 12.8. The summed E-state index contributed by atoms with van der Waals surface area (Å²) in [7, 11) is 1.51. The zero-order chi connectivity index (χ0) is 19.5. The number of fused-ring (bicyclic) bond motifs is 2. The smallest absolute Gasteiger partial charge is 0.253 e. The summed E-state index contributed by atoms with van der Waals surface area (Å²) in [5.74, 6) is -0.573. The number of nitrogens with one attached hydrogen (secondary N) is 1. The van der Waals surface area contributed by atoms with E-state index >= 15 is 0 Å². The van der Waals surface area contributed by atoms with Crippen molar-refractivity contribution in [3.63, 3.8) is 0 Å². The Kier molecular flexibility index (Phi) is 3.55. The topological polar surface area (TPSA) is 125 Å². The van der Waals surface area contributed by atoms with E-state index in [1.807, 2.05) is 0 Å². The summed E-state index contributed by atoms with van der Waals surface area (Å²) in [5, 5.41) is 7.81. The van der Waals surface area contributed by atoms with Gasteiger partial charge >= 0.3 is 0 Å². The predicted octanol–water partition coefficient (Wildman–Crippen LogP) is 2.35. The minimum atomic E-state index is -0.707. The summed E-state index contributed by atoms with van der Waals surface area (Å²) in [6, 6.07) is 3.02. The highest BCUT2D eigenvalue weighted by Gasteiger charge is 2.25. The van der Waals surface area contributed by atoms with Crippen molar-refractivity contribution in [1.82, 2.24) is 19.7 Å². The number of primary amides is 1. The van der Waals surface area contributed by atoms with Crippen LogP contribution in [0.1, 0.15) is 21.6 Å². The van der Waals surface area contributed by atoms with Crippen LogP contribution in [0.3, 0.4) is 0 Å². The second-order valence-electron chi connectivity index (χ2n) is 6.27. The number of nitrogens with two attached hydrogens (primary N) is 2. The van der Waals surface area contributed by atoms with Crippen molar-refractivity contribution >= 4 is 33.7 Å². The number of rotatable bonds is 3. The molecule has 1 aromatic carbocycles. The standard InChI is InChI=1S/C18H17FN6O2/c1-7-11(19)5-12-10(6-22-24-12)15(7)25-16(20)14(17(21)26)9-4-13(27-3)8(2)23-18(9)25/h4-6H,20H2,1-3H3,(H2,21,26)(H,22,24). The van der Waals surface area contributed by atoms with E-state index in [1.54, 1.807) is 26.1 Å². The Morgan fingerprint density at radius 3 is 2.70 bits per heavy atom. The van der Waals surface area contributed by atoms with Crippen molar-refractivity contribution in [2.75, 3.05) is 12.8 Å². The number of hydrogen-bond acceptors (Lipinski definition) is 5. The highest BCUT2D eigenvalue weighted by atomic mass is 19.1. The van der Waals surface area contributed by atoms with Crippen LogP contribution in [0.15, 0.2) is 18.3 Å². The van der Waals surface area contributed by atoms with E-state index in [0.717, 1.165) is 0 Å². The number of aromatic nitrogens is 4. The van der Waals surface area contributed by atoms with Crippen molar-refractivity contribution in [2.24, 2.45) is 5.73 Å². The summed E-state index contributed by atoms with van der Waals surface area (Å²) < 4.78 is 21.4. The molecule has 0 aliphatic heterocycles. The number of nitrogens with zero attached hydrogens (tertiary/aromatic N) is 3. The summed E-state index contributed by atoms with van der Waals surface area (Å²) in [6.45, 7) is 3.39. The van der Waals surface area contributed by atoms with Crippen LogP contribution < -0.4 is 16.2 Å². The number of carbonyl (C=O) groups excluding carboxylic acids is 1. The van der Waals surface area contributed by atoms with Crippen molar-refractivity contribution in [3.8, 4) is 11.4 Å². The van der Waals surface area contributed by atoms with Gasteiger partial charge in [0.15, 0.2) is 0 Å². The molecule has 0 fully saturated rings. The van der Waals surface area contributed by atoms with E-state index in [2.05, 4.69) is 15.2 Å². The number of carbonyl (C=O) groups is 1. The number of pyridine rings is 1. The van der Waals surface area contributed by atoms with E-state index in [-0.39, 0.29) is 11.4 Å². The Hall–Kier alpha value is -3.62. The first-order valence-electron chi connectivity index (χ1n) is 8.13. The van der Waals surface area contributed by atoms with Crippen LogP contribution >= 0.6 is 0 Å². The van der Waals surface area contributed by atoms with Crippen molar-refractivity contribution in [1.29, 1.82) is 0 Å². The van der Waals surface area contributed by atoms with Gasteiger partial charge < -0.3 is 16.2 Å². The summed E-state index contributed by atoms with van der Waals surface area (Å²) in [6.07, 6.45) is 1.57. The van der Waals surface area contributed by atoms with Crippen LogP contribution in [0.5, 0.6) is 5.75 Å². The maximum absolute atomic E-state index is 14.5. The number of halogens is 1. The van der Waals surface area contributed by atoms with Crippen LogP contribution in [-0.2, 0) is 0 Å². The molecule has 8 nitrogen and oxygen atoms in total. The number of H-pyrrole nitrogens is 1. The minimum Gasteiger partial charge on any atom is -0.495 e. The highest BCUT2D eigenvalue weighted by molar-refractivity contribution is 6.12. The maximum Gasteiger partial charge on any atom is 0.253 e. The number of anilines is 1. The van der Waals surface area contributed by atoms with Gasteiger partial charge in [-0.3, -0.25) is 14.5 Å². The predicted molar refractivity (Wildman–Crippen MR) is 99.6 cm³/mol. The van der Waals surface area contributed by atoms with E-state index < -0.39 is 11.7 Å². The Morgan fingerprint density at radius 2 is 2.04 bits per heavy atom. The third kappa shape index (κ3) is 2.24. The SMILES string of the molecule is COc1cc2c(C(N)=O)c(N)n(-c3c(C)c(F)cc4[nH]ncc34)c2nc1C. The number of amides is 1. The molecule has 0 spiro atoms. The summed E-state index contributed by atoms with van der Waals surface area (Å²) in [4.78, 5) is 16.6. The first-order valence-corrected chi connectivity index (χ1v) is 8.13.